The zero-order valence-electron chi connectivity index (χ0n) is 10.4. The SMILES string of the molecule is Cc1ccc([C@H](C[N+](=O)[O-])[C@@H]2CCCCC2=O)o1. The molecule has 0 amide bonds. The van der Waals surface area contributed by atoms with Crippen LogP contribution in [0.25, 0.3) is 0 Å². The van der Waals surface area contributed by atoms with Crippen molar-refractivity contribution in [1.82, 2.24) is 0 Å². The first kappa shape index (κ1) is 12.8. The maximum absolute atomic E-state index is 11.9. The smallest absolute Gasteiger partial charge is 0.214 e. The lowest BCUT2D eigenvalue weighted by Gasteiger charge is -2.25. The van der Waals surface area contributed by atoms with Gasteiger partial charge < -0.3 is 4.42 Å². The van der Waals surface area contributed by atoms with Gasteiger partial charge in [0.05, 0.1) is 5.92 Å². The lowest BCUT2D eigenvalue weighted by molar-refractivity contribution is -0.485. The summed E-state index contributed by atoms with van der Waals surface area (Å²) in [7, 11) is 0. The number of Topliss-reactive ketones (excluding diaryl/α,β-unsaturated/α-hetero) is 1. The van der Waals surface area contributed by atoms with Gasteiger partial charge in [-0.05, 0) is 31.9 Å². The third-order valence-electron chi connectivity index (χ3n) is 3.56. The molecule has 0 N–H and O–H groups in total. The van der Waals surface area contributed by atoms with Crippen molar-refractivity contribution in [3.8, 4) is 0 Å². The lowest BCUT2D eigenvalue weighted by atomic mass is 9.78. The summed E-state index contributed by atoms with van der Waals surface area (Å²) in [4.78, 5) is 22.4. The number of hydrogen-bond acceptors (Lipinski definition) is 4. The minimum Gasteiger partial charge on any atom is -0.466 e. The number of aryl methyl sites for hydroxylation is 1. The largest absolute Gasteiger partial charge is 0.466 e. The molecule has 1 fully saturated rings. The van der Waals surface area contributed by atoms with E-state index in [0.29, 0.717) is 12.2 Å². The molecule has 5 nitrogen and oxygen atoms in total. The summed E-state index contributed by atoms with van der Waals surface area (Å²) in [6.07, 6.45) is 3.14. The van der Waals surface area contributed by atoms with Gasteiger partial charge in [-0.15, -0.1) is 0 Å². The van der Waals surface area contributed by atoms with Crippen LogP contribution in [0.5, 0.6) is 0 Å². The first-order valence-electron chi connectivity index (χ1n) is 6.29. The van der Waals surface area contributed by atoms with Gasteiger partial charge in [0.15, 0.2) is 0 Å². The van der Waals surface area contributed by atoms with Gasteiger partial charge in [0.25, 0.3) is 0 Å². The summed E-state index contributed by atoms with van der Waals surface area (Å²) >= 11 is 0. The fraction of sp³-hybridized carbons (Fsp3) is 0.615. The highest BCUT2D eigenvalue weighted by Gasteiger charge is 2.36. The van der Waals surface area contributed by atoms with E-state index < -0.39 is 5.92 Å². The zero-order valence-corrected chi connectivity index (χ0v) is 10.4. The summed E-state index contributed by atoms with van der Waals surface area (Å²) in [5.41, 5.74) is 0. The number of nitrogens with zero attached hydrogens (tertiary/aromatic N) is 1. The second-order valence-corrected chi connectivity index (χ2v) is 4.89. The maximum Gasteiger partial charge on any atom is 0.214 e. The average Bonchev–Trinajstić information content (AvgIpc) is 2.73. The van der Waals surface area contributed by atoms with Crippen LogP contribution in [0.15, 0.2) is 16.5 Å². The van der Waals surface area contributed by atoms with E-state index in [1.54, 1.807) is 19.1 Å². The van der Waals surface area contributed by atoms with E-state index in [1.165, 1.54) is 0 Å². The fourth-order valence-corrected chi connectivity index (χ4v) is 2.66. The quantitative estimate of drug-likeness (QED) is 0.609. The molecule has 1 saturated carbocycles. The Kier molecular flexibility index (Phi) is 3.79. The topological polar surface area (TPSA) is 73.3 Å². The van der Waals surface area contributed by atoms with Crippen LogP contribution in [-0.4, -0.2) is 17.3 Å². The number of ketones is 1. The lowest BCUT2D eigenvalue weighted by Crippen LogP contribution is -2.29. The van der Waals surface area contributed by atoms with Gasteiger partial charge in [-0.2, -0.15) is 0 Å². The summed E-state index contributed by atoms with van der Waals surface area (Å²) < 4.78 is 5.49. The van der Waals surface area contributed by atoms with Crippen molar-refractivity contribution in [3.63, 3.8) is 0 Å². The minimum atomic E-state index is -0.415. The number of carbonyl (C=O) groups excluding carboxylic acids is 1. The third kappa shape index (κ3) is 2.78. The molecule has 2 rings (SSSR count). The van der Waals surface area contributed by atoms with E-state index in [9.17, 15) is 14.9 Å². The van der Waals surface area contributed by atoms with Gasteiger partial charge in [-0.1, -0.05) is 6.42 Å². The standard InChI is InChI=1S/C13H17NO4/c1-9-6-7-13(18-9)11(8-14(16)17)10-4-2-3-5-12(10)15/h6-7,10-11H,2-5,8H2,1H3/t10-,11+/m0/s1. The molecular weight excluding hydrogens is 234 g/mol. The number of nitro groups is 1. The van der Waals surface area contributed by atoms with Crippen LogP contribution >= 0.6 is 0 Å². The highest BCUT2D eigenvalue weighted by atomic mass is 16.6. The summed E-state index contributed by atoms with van der Waals surface area (Å²) in [5, 5.41) is 10.8. The van der Waals surface area contributed by atoms with Crippen molar-refractivity contribution in [1.29, 1.82) is 0 Å². The Morgan fingerprint density at radius 1 is 1.50 bits per heavy atom. The van der Waals surface area contributed by atoms with Crippen molar-refractivity contribution in [3.05, 3.63) is 33.8 Å². The molecule has 18 heavy (non-hydrogen) atoms. The Labute approximate surface area is 105 Å². The van der Waals surface area contributed by atoms with E-state index in [0.717, 1.165) is 25.0 Å². The average molecular weight is 251 g/mol. The van der Waals surface area contributed by atoms with Crippen LogP contribution in [0.1, 0.15) is 43.1 Å². The predicted molar refractivity (Wildman–Crippen MR) is 65.0 cm³/mol. The zero-order chi connectivity index (χ0) is 13.1. The Balaban J connectivity index is 2.23. The van der Waals surface area contributed by atoms with Gasteiger partial charge >= 0.3 is 0 Å². The van der Waals surface area contributed by atoms with E-state index in [1.807, 2.05) is 0 Å². The molecule has 0 unspecified atom stereocenters. The molecular formula is C13H17NO4. The molecule has 1 aliphatic carbocycles. The van der Waals surface area contributed by atoms with Crippen LogP contribution in [0.3, 0.4) is 0 Å². The number of carbonyl (C=O) groups is 1. The minimum absolute atomic E-state index is 0.141. The van der Waals surface area contributed by atoms with Gasteiger partial charge in [0.1, 0.15) is 17.3 Å². The Morgan fingerprint density at radius 2 is 2.28 bits per heavy atom. The maximum atomic E-state index is 11.9. The predicted octanol–water partition coefficient (Wildman–Crippen LogP) is 2.71. The molecule has 0 saturated heterocycles. The first-order valence-corrected chi connectivity index (χ1v) is 6.29. The van der Waals surface area contributed by atoms with Crippen molar-refractivity contribution in [2.45, 2.75) is 38.5 Å². The summed E-state index contributed by atoms with van der Waals surface area (Å²) in [6.45, 7) is 1.57. The first-order chi connectivity index (χ1) is 8.58. The molecule has 0 radical (unpaired) electrons. The van der Waals surface area contributed by atoms with Crippen LogP contribution in [0, 0.1) is 23.0 Å². The van der Waals surface area contributed by atoms with E-state index in [-0.39, 0.29) is 23.2 Å². The Hall–Kier alpha value is -1.65. The van der Waals surface area contributed by atoms with Crippen LogP contribution in [0.2, 0.25) is 0 Å². The highest BCUT2D eigenvalue weighted by molar-refractivity contribution is 5.82. The summed E-state index contributed by atoms with van der Waals surface area (Å²) in [5.74, 6) is 0.768. The van der Waals surface area contributed by atoms with Crippen molar-refractivity contribution < 1.29 is 14.1 Å². The monoisotopic (exact) mass is 251 g/mol. The Bertz CT molecular complexity index is 452. The van der Waals surface area contributed by atoms with Crippen LogP contribution < -0.4 is 0 Å². The molecule has 1 aliphatic rings. The molecule has 1 heterocycles. The van der Waals surface area contributed by atoms with E-state index in [2.05, 4.69) is 0 Å². The van der Waals surface area contributed by atoms with Crippen LogP contribution in [-0.2, 0) is 4.79 Å². The molecule has 5 heteroatoms. The van der Waals surface area contributed by atoms with Gasteiger partial charge in [-0.3, -0.25) is 14.9 Å². The van der Waals surface area contributed by atoms with Gasteiger partial charge in [0, 0.05) is 17.3 Å². The second-order valence-electron chi connectivity index (χ2n) is 4.89. The van der Waals surface area contributed by atoms with Gasteiger partial charge in [-0.25, -0.2) is 0 Å². The van der Waals surface area contributed by atoms with E-state index >= 15 is 0 Å². The van der Waals surface area contributed by atoms with Crippen molar-refractivity contribution >= 4 is 5.78 Å². The van der Waals surface area contributed by atoms with Crippen molar-refractivity contribution in [2.24, 2.45) is 5.92 Å². The van der Waals surface area contributed by atoms with Crippen LogP contribution in [0.4, 0.5) is 0 Å². The molecule has 1 aromatic rings. The molecule has 1 aromatic heterocycles. The molecule has 0 spiro atoms. The molecule has 0 aliphatic heterocycles. The normalized spacial score (nSPS) is 21.8. The molecule has 0 aromatic carbocycles. The third-order valence-corrected chi connectivity index (χ3v) is 3.56. The summed E-state index contributed by atoms with van der Waals surface area (Å²) in [6, 6.07) is 3.54. The fourth-order valence-electron chi connectivity index (χ4n) is 2.66. The Morgan fingerprint density at radius 3 is 2.83 bits per heavy atom. The molecule has 98 valence electrons. The number of furan rings is 1. The molecule has 2 atom stereocenters. The van der Waals surface area contributed by atoms with Gasteiger partial charge in [0.2, 0.25) is 6.54 Å². The highest BCUT2D eigenvalue weighted by Crippen LogP contribution is 2.34. The molecule has 0 bridgehead atoms. The second kappa shape index (κ2) is 5.33. The van der Waals surface area contributed by atoms with E-state index in [4.69, 9.17) is 4.42 Å². The van der Waals surface area contributed by atoms with Crippen molar-refractivity contribution in [2.75, 3.05) is 6.54 Å². The number of hydrogen-bond donors (Lipinski definition) is 0. The number of rotatable bonds is 4.